The number of hydrogen-bond donors (Lipinski definition) is 0. The van der Waals surface area contributed by atoms with Gasteiger partial charge in [-0.3, -0.25) is 4.79 Å². The van der Waals surface area contributed by atoms with Crippen molar-refractivity contribution in [2.45, 2.75) is 116 Å². The molecule has 0 aromatic heterocycles. The molecule has 0 heterocycles. The van der Waals surface area contributed by atoms with Crippen molar-refractivity contribution < 1.29 is 9.22 Å². The van der Waals surface area contributed by atoms with Crippen LogP contribution in [0.5, 0.6) is 0 Å². The van der Waals surface area contributed by atoms with Crippen LogP contribution in [0, 0.1) is 0 Å². The molecule has 0 aromatic rings. The molecule has 0 atom stereocenters. The van der Waals surface area contributed by atoms with Gasteiger partial charge in [-0.15, -0.1) is 0 Å². The van der Waals surface area contributed by atoms with E-state index in [0.29, 0.717) is 6.42 Å². The number of rotatable bonds is 16. The van der Waals surface area contributed by atoms with E-state index >= 15 is 0 Å². The van der Waals surface area contributed by atoms with Crippen molar-refractivity contribution >= 4 is 14.3 Å². The van der Waals surface area contributed by atoms with Gasteiger partial charge < -0.3 is 4.43 Å². The summed E-state index contributed by atoms with van der Waals surface area (Å²) in [5.74, 6) is -0.00663. The molecule has 0 saturated carbocycles. The summed E-state index contributed by atoms with van der Waals surface area (Å²) in [7, 11) is -1.69. The SMILES string of the molecule is CCCCCCCCCCC/C=C/CCCCC(=O)O[Si](C)(C)C. The van der Waals surface area contributed by atoms with E-state index in [2.05, 4.69) is 38.7 Å². The zero-order valence-corrected chi connectivity index (χ0v) is 17.9. The van der Waals surface area contributed by atoms with Crippen molar-refractivity contribution in [3.8, 4) is 0 Å². The molecule has 0 amide bonds. The van der Waals surface area contributed by atoms with Crippen molar-refractivity contribution in [3.63, 3.8) is 0 Å². The van der Waals surface area contributed by atoms with Gasteiger partial charge in [-0.25, -0.2) is 0 Å². The molecule has 0 saturated heterocycles. The van der Waals surface area contributed by atoms with Crippen LogP contribution in [0.1, 0.15) is 96.8 Å². The van der Waals surface area contributed by atoms with Gasteiger partial charge in [-0.2, -0.15) is 0 Å². The van der Waals surface area contributed by atoms with Crippen LogP contribution < -0.4 is 0 Å². The lowest BCUT2D eigenvalue weighted by Gasteiger charge is -2.16. The van der Waals surface area contributed by atoms with Gasteiger partial charge in [0, 0.05) is 6.42 Å². The first-order valence-electron chi connectivity index (χ1n) is 10.3. The average molecular weight is 355 g/mol. The molecule has 0 spiro atoms. The smallest absolute Gasteiger partial charge is 0.292 e. The van der Waals surface area contributed by atoms with Gasteiger partial charge in [0.25, 0.3) is 5.97 Å². The Morgan fingerprint density at radius 2 is 1.21 bits per heavy atom. The molecule has 0 N–H and O–H groups in total. The molecule has 0 bridgehead atoms. The van der Waals surface area contributed by atoms with E-state index in [1.165, 1.54) is 64.2 Å². The molecule has 3 heteroatoms. The third kappa shape index (κ3) is 19.5. The molecular weight excluding hydrogens is 312 g/mol. The van der Waals surface area contributed by atoms with Crippen LogP contribution in [0.2, 0.25) is 19.6 Å². The minimum Gasteiger partial charge on any atom is -0.520 e. The Morgan fingerprint density at radius 1 is 0.750 bits per heavy atom. The monoisotopic (exact) mass is 354 g/mol. The molecule has 2 nitrogen and oxygen atoms in total. The van der Waals surface area contributed by atoms with Crippen molar-refractivity contribution in [1.82, 2.24) is 0 Å². The summed E-state index contributed by atoms with van der Waals surface area (Å²) in [4.78, 5) is 11.6. The Balaban J connectivity index is 3.26. The highest BCUT2D eigenvalue weighted by Gasteiger charge is 2.19. The zero-order valence-electron chi connectivity index (χ0n) is 16.9. The first kappa shape index (κ1) is 23.4. The maximum atomic E-state index is 11.6. The van der Waals surface area contributed by atoms with E-state index < -0.39 is 8.32 Å². The van der Waals surface area contributed by atoms with Crippen LogP contribution in [0.15, 0.2) is 12.2 Å². The van der Waals surface area contributed by atoms with Crippen LogP contribution in [-0.2, 0) is 9.22 Å². The summed E-state index contributed by atoms with van der Waals surface area (Å²) in [5.41, 5.74) is 0. The molecule has 0 unspecified atom stereocenters. The standard InChI is InChI=1S/C21H42O2Si/c1-5-6-7-8-9-10-11-12-13-14-15-16-17-18-19-20-21(22)23-24(2,3)4/h15-16H,5-14,17-20H2,1-4H3/b16-15+. The summed E-state index contributed by atoms with van der Waals surface area (Å²) in [6.45, 7) is 8.44. The number of allylic oxidation sites excluding steroid dienone is 2. The lowest BCUT2D eigenvalue weighted by atomic mass is 10.1. The molecule has 0 aromatic carbocycles. The van der Waals surface area contributed by atoms with Crippen LogP contribution in [0.25, 0.3) is 0 Å². The van der Waals surface area contributed by atoms with E-state index in [-0.39, 0.29) is 5.97 Å². The predicted molar refractivity (Wildman–Crippen MR) is 109 cm³/mol. The molecule has 0 rings (SSSR count). The van der Waals surface area contributed by atoms with Gasteiger partial charge in [0.15, 0.2) is 0 Å². The highest BCUT2D eigenvalue weighted by Crippen LogP contribution is 2.11. The van der Waals surface area contributed by atoms with E-state index in [1.54, 1.807) is 0 Å². The first-order valence-corrected chi connectivity index (χ1v) is 13.7. The molecule has 142 valence electrons. The maximum absolute atomic E-state index is 11.6. The summed E-state index contributed by atoms with van der Waals surface area (Å²) >= 11 is 0. The van der Waals surface area contributed by atoms with Gasteiger partial charge in [0.05, 0.1) is 0 Å². The number of unbranched alkanes of at least 4 members (excludes halogenated alkanes) is 11. The zero-order chi connectivity index (χ0) is 18.1. The first-order chi connectivity index (χ1) is 11.5. The van der Waals surface area contributed by atoms with Crippen molar-refractivity contribution in [1.29, 1.82) is 0 Å². The highest BCUT2D eigenvalue weighted by molar-refractivity contribution is 6.71. The van der Waals surface area contributed by atoms with Crippen LogP contribution in [0.4, 0.5) is 0 Å². The molecule has 0 aliphatic carbocycles. The third-order valence-corrected chi connectivity index (χ3v) is 4.90. The Hall–Kier alpha value is -0.573. The lowest BCUT2D eigenvalue weighted by Crippen LogP contribution is -2.28. The Kier molecular flexibility index (Phi) is 15.5. The molecule has 0 radical (unpaired) electrons. The predicted octanol–water partition coefficient (Wildman–Crippen LogP) is 7.40. The normalized spacial score (nSPS) is 12.0. The van der Waals surface area contributed by atoms with Gasteiger partial charge in [-0.05, 0) is 51.7 Å². The number of carbonyl (C=O) groups excluding carboxylic acids is 1. The number of carbonyl (C=O) groups is 1. The topological polar surface area (TPSA) is 26.3 Å². The van der Waals surface area contributed by atoms with Gasteiger partial charge in [0.2, 0.25) is 8.32 Å². The second-order valence-corrected chi connectivity index (χ2v) is 12.3. The maximum Gasteiger partial charge on any atom is 0.292 e. The molecule has 0 aliphatic heterocycles. The Bertz CT molecular complexity index is 318. The van der Waals surface area contributed by atoms with Crippen molar-refractivity contribution in [2.75, 3.05) is 0 Å². The molecule has 0 fully saturated rings. The van der Waals surface area contributed by atoms with Crippen LogP contribution in [-0.4, -0.2) is 14.3 Å². The average Bonchev–Trinajstić information content (AvgIpc) is 2.49. The molecular formula is C21H42O2Si. The summed E-state index contributed by atoms with van der Waals surface area (Å²) in [5, 5.41) is 0. The molecule has 24 heavy (non-hydrogen) atoms. The van der Waals surface area contributed by atoms with Gasteiger partial charge in [0.1, 0.15) is 0 Å². The van der Waals surface area contributed by atoms with E-state index in [0.717, 1.165) is 19.3 Å². The fraction of sp³-hybridized carbons (Fsp3) is 0.857. The minimum atomic E-state index is -1.69. The lowest BCUT2D eigenvalue weighted by molar-refractivity contribution is -0.135. The Morgan fingerprint density at radius 3 is 1.71 bits per heavy atom. The van der Waals surface area contributed by atoms with Crippen molar-refractivity contribution in [3.05, 3.63) is 12.2 Å². The second-order valence-electron chi connectivity index (χ2n) is 7.92. The third-order valence-electron chi connectivity index (χ3n) is 4.06. The minimum absolute atomic E-state index is 0.00663. The largest absolute Gasteiger partial charge is 0.520 e. The summed E-state index contributed by atoms with van der Waals surface area (Å²) in [6.07, 6.45) is 22.1. The molecule has 0 aliphatic rings. The van der Waals surface area contributed by atoms with Gasteiger partial charge >= 0.3 is 0 Å². The second kappa shape index (κ2) is 15.9. The Labute approximate surface area is 152 Å². The van der Waals surface area contributed by atoms with E-state index in [1.807, 2.05) is 0 Å². The fourth-order valence-electron chi connectivity index (χ4n) is 2.73. The fourth-order valence-corrected chi connectivity index (χ4v) is 3.52. The summed E-state index contributed by atoms with van der Waals surface area (Å²) in [6, 6.07) is 0. The van der Waals surface area contributed by atoms with E-state index in [4.69, 9.17) is 4.43 Å². The number of hydrogen-bond acceptors (Lipinski definition) is 2. The van der Waals surface area contributed by atoms with Gasteiger partial charge in [-0.1, -0.05) is 70.4 Å². The quantitative estimate of drug-likeness (QED) is 0.164. The van der Waals surface area contributed by atoms with Crippen molar-refractivity contribution in [2.24, 2.45) is 0 Å². The van der Waals surface area contributed by atoms with Crippen LogP contribution in [0.3, 0.4) is 0 Å². The highest BCUT2D eigenvalue weighted by atomic mass is 28.4. The van der Waals surface area contributed by atoms with Crippen LogP contribution >= 0.6 is 0 Å². The summed E-state index contributed by atoms with van der Waals surface area (Å²) < 4.78 is 5.44. The van der Waals surface area contributed by atoms with E-state index in [9.17, 15) is 4.79 Å².